The highest BCUT2D eigenvalue weighted by molar-refractivity contribution is 5.32. The predicted molar refractivity (Wildman–Crippen MR) is 76.2 cm³/mol. The van der Waals surface area contributed by atoms with Crippen LogP contribution in [0.3, 0.4) is 0 Å². The molecule has 5 rings (SSSR count). The highest BCUT2D eigenvalue weighted by atomic mass is 16.6. The molecular weight excluding hydrogens is 248 g/mol. The summed E-state index contributed by atoms with van der Waals surface area (Å²) in [6.45, 7) is 3.15. The molecule has 20 heavy (non-hydrogen) atoms. The zero-order chi connectivity index (χ0) is 13.4. The van der Waals surface area contributed by atoms with Gasteiger partial charge < -0.3 is 9.47 Å². The minimum Gasteiger partial charge on any atom is -0.370 e. The van der Waals surface area contributed by atoms with Crippen molar-refractivity contribution in [1.29, 1.82) is 0 Å². The summed E-state index contributed by atoms with van der Waals surface area (Å²) in [4.78, 5) is 0. The van der Waals surface area contributed by atoms with Gasteiger partial charge in [-0.2, -0.15) is 0 Å². The topological polar surface area (TPSA) is 18.5 Å². The Kier molecular flexibility index (Phi) is 2.05. The molecule has 0 radical (unpaired) electrons. The van der Waals surface area contributed by atoms with Gasteiger partial charge in [0, 0.05) is 11.8 Å². The smallest absolute Gasteiger partial charge is 0.101 e. The van der Waals surface area contributed by atoms with Crippen LogP contribution in [0.25, 0.3) is 0 Å². The first-order chi connectivity index (χ1) is 9.71. The SMILES string of the molecule is C[C@@H]1C2(C[C@@H]2OCc2ccccc2)OC2(CC2)C12CC2. The van der Waals surface area contributed by atoms with Crippen LogP contribution >= 0.6 is 0 Å². The quantitative estimate of drug-likeness (QED) is 0.834. The number of rotatable bonds is 3. The Hall–Kier alpha value is -0.860. The Labute approximate surface area is 120 Å². The average molecular weight is 270 g/mol. The van der Waals surface area contributed by atoms with E-state index in [1.54, 1.807) is 0 Å². The summed E-state index contributed by atoms with van der Waals surface area (Å²) < 4.78 is 12.8. The van der Waals surface area contributed by atoms with E-state index in [9.17, 15) is 0 Å². The van der Waals surface area contributed by atoms with Crippen LogP contribution < -0.4 is 0 Å². The third-order valence-electron chi connectivity index (χ3n) is 6.53. The first-order valence-electron chi connectivity index (χ1n) is 8.07. The number of ether oxygens (including phenoxy) is 2. The second-order valence-corrected chi connectivity index (χ2v) is 7.42. The van der Waals surface area contributed by atoms with Crippen LogP contribution in [0.5, 0.6) is 0 Å². The summed E-state index contributed by atoms with van der Waals surface area (Å²) >= 11 is 0. The average Bonchev–Trinajstić information content (AvgIpc) is 3.32. The van der Waals surface area contributed by atoms with E-state index in [4.69, 9.17) is 9.47 Å². The Balaban J connectivity index is 1.30. The largest absolute Gasteiger partial charge is 0.370 e. The monoisotopic (exact) mass is 270 g/mol. The lowest BCUT2D eigenvalue weighted by atomic mass is 9.82. The highest BCUT2D eigenvalue weighted by Crippen LogP contribution is 2.80. The molecule has 1 aliphatic heterocycles. The van der Waals surface area contributed by atoms with Crippen molar-refractivity contribution in [2.75, 3.05) is 0 Å². The van der Waals surface area contributed by atoms with Gasteiger partial charge in [0.1, 0.15) is 5.60 Å². The lowest BCUT2D eigenvalue weighted by molar-refractivity contribution is -0.0485. The number of hydrogen-bond donors (Lipinski definition) is 0. The maximum absolute atomic E-state index is 6.62. The third-order valence-corrected chi connectivity index (χ3v) is 6.53. The zero-order valence-corrected chi connectivity index (χ0v) is 12.1. The van der Waals surface area contributed by atoms with Gasteiger partial charge in [0.05, 0.1) is 18.3 Å². The summed E-state index contributed by atoms with van der Waals surface area (Å²) in [6, 6.07) is 10.5. The minimum absolute atomic E-state index is 0.0712. The highest BCUT2D eigenvalue weighted by Gasteiger charge is 2.83. The van der Waals surface area contributed by atoms with Crippen molar-refractivity contribution in [3.8, 4) is 0 Å². The first kappa shape index (κ1) is 11.8. The summed E-state index contributed by atoms with van der Waals surface area (Å²) in [5.41, 5.74) is 2.15. The molecule has 3 saturated carbocycles. The number of hydrogen-bond acceptors (Lipinski definition) is 2. The van der Waals surface area contributed by atoms with Crippen molar-refractivity contribution in [2.45, 2.75) is 62.9 Å². The van der Waals surface area contributed by atoms with E-state index >= 15 is 0 Å². The molecule has 1 heterocycles. The molecule has 0 amide bonds. The fraction of sp³-hybridized carbons (Fsp3) is 0.667. The van der Waals surface area contributed by atoms with Gasteiger partial charge in [-0.1, -0.05) is 37.3 Å². The van der Waals surface area contributed by atoms with Crippen molar-refractivity contribution in [1.82, 2.24) is 0 Å². The third kappa shape index (κ3) is 1.32. The van der Waals surface area contributed by atoms with Crippen LogP contribution in [0.1, 0.15) is 44.6 Å². The molecule has 2 heteroatoms. The molecule has 3 atom stereocenters. The van der Waals surface area contributed by atoms with Crippen LogP contribution in [-0.2, 0) is 16.1 Å². The summed E-state index contributed by atoms with van der Waals surface area (Å²) in [5, 5.41) is 0. The van der Waals surface area contributed by atoms with Crippen LogP contribution in [0.4, 0.5) is 0 Å². The molecule has 3 aliphatic carbocycles. The maximum Gasteiger partial charge on any atom is 0.101 e. The Morgan fingerprint density at radius 3 is 2.50 bits per heavy atom. The van der Waals surface area contributed by atoms with Gasteiger partial charge in [-0.25, -0.2) is 0 Å². The van der Waals surface area contributed by atoms with Crippen molar-refractivity contribution < 1.29 is 9.47 Å². The molecular formula is C18H22O2. The van der Waals surface area contributed by atoms with Gasteiger partial charge >= 0.3 is 0 Å². The van der Waals surface area contributed by atoms with Gasteiger partial charge in [0.2, 0.25) is 0 Å². The molecule has 1 aromatic rings. The van der Waals surface area contributed by atoms with E-state index in [1.807, 2.05) is 0 Å². The van der Waals surface area contributed by atoms with Gasteiger partial charge in [-0.15, -0.1) is 0 Å². The van der Waals surface area contributed by atoms with Crippen molar-refractivity contribution in [3.63, 3.8) is 0 Å². The molecule has 1 saturated heterocycles. The second kappa shape index (κ2) is 3.48. The first-order valence-corrected chi connectivity index (χ1v) is 8.07. The molecule has 4 fully saturated rings. The van der Waals surface area contributed by atoms with Crippen LogP contribution in [-0.4, -0.2) is 17.3 Å². The second-order valence-electron chi connectivity index (χ2n) is 7.42. The fourth-order valence-corrected chi connectivity index (χ4v) is 4.92. The maximum atomic E-state index is 6.62. The van der Waals surface area contributed by atoms with Gasteiger partial charge in [-0.3, -0.25) is 0 Å². The molecule has 2 nitrogen and oxygen atoms in total. The molecule has 3 spiro atoms. The molecule has 1 unspecified atom stereocenters. The Bertz CT molecular complexity index is 544. The summed E-state index contributed by atoms with van der Waals surface area (Å²) in [6.07, 6.45) is 6.82. The van der Waals surface area contributed by atoms with E-state index in [0.717, 1.165) is 13.0 Å². The van der Waals surface area contributed by atoms with E-state index in [0.29, 0.717) is 17.4 Å². The predicted octanol–water partition coefficient (Wildman–Crippen LogP) is 3.69. The van der Waals surface area contributed by atoms with Gasteiger partial charge in [0.15, 0.2) is 0 Å². The van der Waals surface area contributed by atoms with Crippen molar-refractivity contribution >= 4 is 0 Å². The zero-order valence-electron chi connectivity index (χ0n) is 12.1. The van der Waals surface area contributed by atoms with E-state index in [1.165, 1.54) is 31.2 Å². The molecule has 4 aliphatic rings. The van der Waals surface area contributed by atoms with Crippen molar-refractivity contribution in [3.05, 3.63) is 35.9 Å². The lowest BCUT2D eigenvalue weighted by Gasteiger charge is -2.19. The summed E-state index contributed by atoms with van der Waals surface area (Å²) in [7, 11) is 0. The molecule has 1 aromatic carbocycles. The van der Waals surface area contributed by atoms with Crippen LogP contribution in [0.15, 0.2) is 30.3 Å². The van der Waals surface area contributed by atoms with E-state index in [-0.39, 0.29) is 11.2 Å². The number of benzene rings is 1. The standard InChI is InChI=1S/C18H22O2/c1-13-16(7-8-16)17(9-10-17)20-18(13)11-15(18)19-12-14-5-3-2-4-6-14/h2-6,13,15H,7-12H2,1H3/t13-,15-,18?/m0/s1. The van der Waals surface area contributed by atoms with Gasteiger partial charge in [-0.05, 0) is 37.2 Å². The molecule has 0 N–H and O–H groups in total. The summed E-state index contributed by atoms with van der Waals surface area (Å²) in [5.74, 6) is 0.693. The van der Waals surface area contributed by atoms with Gasteiger partial charge in [0.25, 0.3) is 0 Å². The molecule has 0 aromatic heterocycles. The lowest BCUT2D eigenvalue weighted by Crippen LogP contribution is -2.25. The molecule has 106 valence electrons. The van der Waals surface area contributed by atoms with Crippen LogP contribution in [0.2, 0.25) is 0 Å². The normalized spacial score (nSPS) is 41.5. The Morgan fingerprint density at radius 1 is 1.15 bits per heavy atom. The van der Waals surface area contributed by atoms with Crippen LogP contribution in [0, 0.1) is 11.3 Å². The molecule has 0 bridgehead atoms. The fourth-order valence-electron chi connectivity index (χ4n) is 4.92. The Morgan fingerprint density at radius 2 is 1.90 bits per heavy atom. The minimum atomic E-state index is 0.0712. The van der Waals surface area contributed by atoms with Crippen molar-refractivity contribution in [2.24, 2.45) is 11.3 Å². The van der Waals surface area contributed by atoms with E-state index < -0.39 is 0 Å². The van der Waals surface area contributed by atoms with E-state index in [2.05, 4.69) is 37.3 Å². The number of fused-ring (bicyclic) bond motifs is 1.